The van der Waals surface area contributed by atoms with Gasteiger partial charge >= 0.3 is 0 Å². The van der Waals surface area contributed by atoms with Crippen molar-refractivity contribution in [1.29, 1.82) is 0 Å². The Balaban J connectivity index is 1.30. The summed E-state index contributed by atoms with van der Waals surface area (Å²) in [7, 11) is 0. The minimum absolute atomic E-state index is 0.0132. The highest BCUT2D eigenvalue weighted by atomic mass is 19.1. The van der Waals surface area contributed by atoms with Crippen molar-refractivity contribution >= 4 is 52.1 Å². The molecule has 0 radical (unpaired) electrons. The van der Waals surface area contributed by atoms with Gasteiger partial charge in [0, 0.05) is 46.5 Å². The highest BCUT2D eigenvalue weighted by Crippen LogP contribution is 2.32. The first-order valence-corrected chi connectivity index (χ1v) is 11.7. The summed E-state index contributed by atoms with van der Waals surface area (Å²) in [6.07, 6.45) is 7.08. The molecule has 37 heavy (non-hydrogen) atoms. The Morgan fingerprint density at radius 2 is 1.78 bits per heavy atom. The summed E-state index contributed by atoms with van der Waals surface area (Å²) in [5, 5.41) is 16.2. The molecule has 2 amide bonds. The van der Waals surface area contributed by atoms with Gasteiger partial charge in [0.05, 0.1) is 18.3 Å². The van der Waals surface area contributed by atoms with Crippen LogP contribution in [0.4, 0.5) is 37.3 Å². The summed E-state index contributed by atoms with van der Waals surface area (Å²) in [5.41, 5.74) is 3.74. The van der Waals surface area contributed by atoms with E-state index in [0.717, 1.165) is 24.6 Å². The number of hydrogen-bond donors (Lipinski definition) is 4. The van der Waals surface area contributed by atoms with Crippen LogP contribution in [0.1, 0.15) is 24.8 Å². The van der Waals surface area contributed by atoms with Crippen molar-refractivity contribution in [3.05, 3.63) is 77.6 Å². The quantitative estimate of drug-likeness (QED) is 0.218. The number of anilines is 5. The zero-order valence-corrected chi connectivity index (χ0v) is 19.4. The van der Waals surface area contributed by atoms with Gasteiger partial charge in [-0.15, -0.1) is 0 Å². The second kappa shape index (κ2) is 9.01. The summed E-state index contributed by atoms with van der Waals surface area (Å²) in [4.78, 5) is 28.1. The molecule has 186 valence electrons. The highest BCUT2D eigenvalue weighted by molar-refractivity contribution is 6.15. The van der Waals surface area contributed by atoms with E-state index in [1.165, 1.54) is 12.1 Å². The molecule has 2 aromatic carbocycles. The van der Waals surface area contributed by atoms with E-state index in [-0.39, 0.29) is 18.0 Å². The first-order valence-electron chi connectivity index (χ1n) is 11.7. The van der Waals surface area contributed by atoms with Gasteiger partial charge in [0.25, 0.3) is 5.91 Å². The summed E-state index contributed by atoms with van der Waals surface area (Å²) < 4.78 is 29.2. The largest absolute Gasteiger partial charge is 0.382 e. The van der Waals surface area contributed by atoms with E-state index in [4.69, 9.17) is 0 Å². The fraction of sp³-hybridized carbons (Fsp3) is 0.154. The van der Waals surface area contributed by atoms with Gasteiger partial charge in [-0.25, -0.2) is 18.3 Å². The standard InChI is InChI=1S/C26H21F2N7O2/c27-16-1-4-22(21(28)9-16)31-19-10-18(30-17-2-3-17)11-20(12-19)32-23-5-6-35-25(33-23)15(13-29-35)7-14-8-24(36)34-26(14)37/h1,4-7,9-13,17,30-31H,2-3,8H2,(H,32,33)(H,34,36,37)/b14-7-. The van der Waals surface area contributed by atoms with E-state index in [9.17, 15) is 18.4 Å². The number of benzene rings is 2. The number of imide groups is 1. The summed E-state index contributed by atoms with van der Waals surface area (Å²) in [6.45, 7) is 0. The Morgan fingerprint density at radius 3 is 2.51 bits per heavy atom. The third kappa shape index (κ3) is 4.96. The van der Waals surface area contributed by atoms with Crippen LogP contribution in [0.5, 0.6) is 0 Å². The molecule has 4 N–H and O–H groups in total. The molecule has 4 aromatic rings. The molecule has 6 rings (SSSR count). The predicted octanol–water partition coefficient (Wildman–Crippen LogP) is 4.50. The normalized spacial score (nSPS) is 16.3. The molecule has 0 spiro atoms. The maximum absolute atomic E-state index is 14.3. The van der Waals surface area contributed by atoms with Crippen LogP contribution in [0.25, 0.3) is 11.7 Å². The van der Waals surface area contributed by atoms with Crippen molar-refractivity contribution in [2.24, 2.45) is 0 Å². The van der Waals surface area contributed by atoms with E-state index in [0.29, 0.717) is 40.0 Å². The number of nitrogens with one attached hydrogen (secondary N) is 4. The number of aromatic nitrogens is 3. The van der Waals surface area contributed by atoms with Gasteiger partial charge < -0.3 is 16.0 Å². The fourth-order valence-electron chi connectivity index (χ4n) is 4.08. The van der Waals surface area contributed by atoms with E-state index in [2.05, 4.69) is 31.3 Å². The second-order valence-electron chi connectivity index (χ2n) is 9.00. The molecule has 11 heteroatoms. The summed E-state index contributed by atoms with van der Waals surface area (Å²) in [6, 6.07) is 11.1. The summed E-state index contributed by atoms with van der Waals surface area (Å²) >= 11 is 0. The first kappa shape index (κ1) is 22.7. The zero-order chi connectivity index (χ0) is 25.5. The van der Waals surface area contributed by atoms with E-state index in [1.807, 2.05) is 12.1 Å². The highest BCUT2D eigenvalue weighted by Gasteiger charge is 2.24. The van der Waals surface area contributed by atoms with Crippen LogP contribution in [0, 0.1) is 11.6 Å². The number of halogens is 2. The maximum Gasteiger partial charge on any atom is 0.254 e. The van der Waals surface area contributed by atoms with Crippen molar-refractivity contribution in [2.45, 2.75) is 25.3 Å². The Labute approximate surface area is 209 Å². The molecule has 1 aliphatic heterocycles. The van der Waals surface area contributed by atoms with Crippen LogP contribution in [0.15, 0.2) is 60.4 Å². The number of carbonyl (C=O) groups excluding carboxylic acids is 2. The number of rotatable bonds is 7. The molecule has 1 aliphatic carbocycles. The lowest BCUT2D eigenvalue weighted by Crippen LogP contribution is -2.19. The van der Waals surface area contributed by atoms with E-state index in [1.54, 1.807) is 35.1 Å². The number of nitrogens with zero attached hydrogens (tertiary/aromatic N) is 3. The van der Waals surface area contributed by atoms with Gasteiger partial charge in [0.15, 0.2) is 5.65 Å². The van der Waals surface area contributed by atoms with Crippen molar-refractivity contribution in [1.82, 2.24) is 19.9 Å². The van der Waals surface area contributed by atoms with Crippen LogP contribution >= 0.6 is 0 Å². The molecule has 0 atom stereocenters. The molecule has 1 saturated heterocycles. The van der Waals surface area contributed by atoms with Crippen LogP contribution in [-0.2, 0) is 9.59 Å². The van der Waals surface area contributed by atoms with Gasteiger partial charge in [-0.05, 0) is 55.3 Å². The molecule has 2 fully saturated rings. The lowest BCUT2D eigenvalue weighted by atomic mass is 10.1. The van der Waals surface area contributed by atoms with Gasteiger partial charge in [-0.1, -0.05) is 0 Å². The molecule has 0 bridgehead atoms. The summed E-state index contributed by atoms with van der Waals surface area (Å²) in [5.74, 6) is -1.58. The van der Waals surface area contributed by atoms with Crippen molar-refractivity contribution in [3.8, 4) is 0 Å². The molecule has 1 saturated carbocycles. The number of carbonyl (C=O) groups is 2. The van der Waals surface area contributed by atoms with Gasteiger partial charge in [-0.2, -0.15) is 5.10 Å². The van der Waals surface area contributed by atoms with Crippen LogP contribution < -0.4 is 21.3 Å². The molecule has 2 aliphatic rings. The van der Waals surface area contributed by atoms with Crippen LogP contribution in [0.2, 0.25) is 0 Å². The van der Waals surface area contributed by atoms with Gasteiger partial charge in [-0.3, -0.25) is 14.9 Å². The fourth-order valence-corrected chi connectivity index (χ4v) is 4.08. The number of amides is 2. The maximum atomic E-state index is 14.3. The average Bonchev–Trinajstić information content (AvgIpc) is 3.49. The molecule has 3 heterocycles. The van der Waals surface area contributed by atoms with Crippen molar-refractivity contribution in [2.75, 3.05) is 16.0 Å². The molecule has 9 nitrogen and oxygen atoms in total. The molecule has 0 unspecified atom stereocenters. The topological polar surface area (TPSA) is 112 Å². The lowest BCUT2D eigenvalue weighted by Gasteiger charge is -2.14. The van der Waals surface area contributed by atoms with Crippen LogP contribution in [-0.4, -0.2) is 32.5 Å². The molecular weight excluding hydrogens is 480 g/mol. The lowest BCUT2D eigenvalue weighted by molar-refractivity contribution is -0.124. The Morgan fingerprint density at radius 1 is 1.00 bits per heavy atom. The third-order valence-electron chi connectivity index (χ3n) is 5.99. The number of hydrogen-bond acceptors (Lipinski definition) is 7. The predicted molar refractivity (Wildman–Crippen MR) is 135 cm³/mol. The SMILES string of the molecule is O=C1C/C(=C/c2cnn3ccc(Nc4cc(Nc5ccc(F)cc5F)cc(NC5CC5)c4)nc23)C(=O)N1. The molecule has 2 aromatic heterocycles. The second-order valence-corrected chi connectivity index (χ2v) is 9.00. The smallest absolute Gasteiger partial charge is 0.254 e. The Bertz CT molecular complexity index is 1590. The van der Waals surface area contributed by atoms with Crippen molar-refractivity contribution in [3.63, 3.8) is 0 Å². The zero-order valence-electron chi connectivity index (χ0n) is 19.4. The molecular formula is C26H21F2N7O2. The van der Waals surface area contributed by atoms with E-state index < -0.39 is 17.5 Å². The minimum Gasteiger partial charge on any atom is -0.382 e. The van der Waals surface area contributed by atoms with Crippen LogP contribution in [0.3, 0.4) is 0 Å². The van der Waals surface area contributed by atoms with Gasteiger partial charge in [0.1, 0.15) is 17.5 Å². The van der Waals surface area contributed by atoms with Gasteiger partial charge in [0.2, 0.25) is 5.91 Å². The third-order valence-corrected chi connectivity index (χ3v) is 5.99. The number of fused-ring (bicyclic) bond motifs is 1. The minimum atomic E-state index is -0.692. The Hall–Kier alpha value is -4.80. The average molecular weight is 501 g/mol. The van der Waals surface area contributed by atoms with E-state index >= 15 is 0 Å². The van der Waals surface area contributed by atoms with Crippen molar-refractivity contribution < 1.29 is 18.4 Å². The first-order chi connectivity index (χ1) is 17.9. The Kier molecular flexibility index (Phi) is 5.52. The monoisotopic (exact) mass is 501 g/mol.